The molecule has 9 nitrogen and oxygen atoms in total. The van der Waals surface area contributed by atoms with Gasteiger partial charge in [0.2, 0.25) is 0 Å². The average Bonchev–Trinajstić information content (AvgIpc) is 3.41. The van der Waals surface area contributed by atoms with Crippen LogP contribution in [0, 0.1) is 6.92 Å². The zero-order valence-electron chi connectivity index (χ0n) is 18.3. The van der Waals surface area contributed by atoms with Crippen LogP contribution in [0.25, 0.3) is 11.1 Å². The number of aromatic nitrogens is 1. The molecule has 1 saturated heterocycles. The molecule has 0 radical (unpaired) electrons. The molecule has 166 valence electrons. The number of anilines is 1. The number of rotatable bonds is 6. The second-order valence-electron chi connectivity index (χ2n) is 7.75. The fourth-order valence-electron chi connectivity index (χ4n) is 3.71. The zero-order valence-corrected chi connectivity index (χ0v) is 18.3. The Hall–Kier alpha value is -3.85. The van der Waals surface area contributed by atoms with Gasteiger partial charge >= 0.3 is 0 Å². The molecule has 1 atom stereocenters. The number of nitrogens with one attached hydrogen (secondary N) is 1. The highest BCUT2D eigenvalue weighted by molar-refractivity contribution is 5.95. The highest BCUT2D eigenvalue weighted by Gasteiger charge is 2.28. The molecule has 2 aliphatic heterocycles. The summed E-state index contributed by atoms with van der Waals surface area (Å²) in [5.74, 6) is 7.33. The number of aryl methyl sites for hydroxylation is 1. The Labute approximate surface area is 187 Å². The van der Waals surface area contributed by atoms with E-state index >= 15 is 0 Å². The molecule has 5 N–H and O–H groups in total. The van der Waals surface area contributed by atoms with Crippen LogP contribution in [0.5, 0.6) is 0 Å². The van der Waals surface area contributed by atoms with E-state index in [1.165, 1.54) is 0 Å². The van der Waals surface area contributed by atoms with E-state index in [2.05, 4.69) is 57.0 Å². The Morgan fingerprint density at radius 2 is 2.16 bits per heavy atom. The van der Waals surface area contributed by atoms with Gasteiger partial charge in [-0.15, -0.1) is 5.10 Å². The Morgan fingerprint density at radius 1 is 1.34 bits per heavy atom. The number of hydrogen-bond donors (Lipinski definition) is 3. The van der Waals surface area contributed by atoms with E-state index in [9.17, 15) is 0 Å². The summed E-state index contributed by atoms with van der Waals surface area (Å²) in [6.45, 7) is 8.33. The van der Waals surface area contributed by atoms with Crippen molar-refractivity contribution in [3.8, 4) is 11.1 Å². The van der Waals surface area contributed by atoms with Gasteiger partial charge in [-0.2, -0.15) is 0 Å². The predicted molar refractivity (Wildman–Crippen MR) is 128 cm³/mol. The second kappa shape index (κ2) is 9.11. The summed E-state index contributed by atoms with van der Waals surface area (Å²) in [7, 11) is 1.60. The molecule has 0 bridgehead atoms. The topological polar surface area (TPSA) is 117 Å². The Bertz CT molecular complexity index is 1090. The smallest absolute Gasteiger partial charge is 0.186 e. The number of benzene rings is 1. The first-order valence-electron chi connectivity index (χ1n) is 10.4. The maximum absolute atomic E-state index is 5.97. The monoisotopic (exact) mass is 432 g/mol. The largest absolute Gasteiger partial charge is 0.472 e. The highest BCUT2D eigenvalue weighted by Crippen LogP contribution is 2.32. The van der Waals surface area contributed by atoms with Gasteiger partial charge in [0, 0.05) is 24.5 Å². The molecule has 0 saturated carbocycles. The van der Waals surface area contributed by atoms with E-state index < -0.39 is 0 Å². The maximum atomic E-state index is 5.97. The number of nitrogens with zero attached hydrogens (tertiary/aromatic N) is 5. The minimum absolute atomic E-state index is 0.00899. The van der Waals surface area contributed by atoms with Gasteiger partial charge in [-0.3, -0.25) is 9.98 Å². The summed E-state index contributed by atoms with van der Waals surface area (Å²) in [4.78, 5) is 10.9. The lowest BCUT2D eigenvalue weighted by Crippen LogP contribution is -2.33. The van der Waals surface area contributed by atoms with Crippen molar-refractivity contribution in [3.05, 3.63) is 72.4 Å². The number of hydrogen-bond acceptors (Lipinski definition) is 8. The van der Waals surface area contributed by atoms with Crippen LogP contribution in [0.1, 0.15) is 11.3 Å². The average molecular weight is 433 g/mol. The summed E-state index contributed by atoms with van der Waals surface area (Å²) in [5.41, 5.74) is 10.7. The molecule has 2 aliphatic rings. The highest BCUT2D eigenvalue weighted by atomic mass is 16.5. The van der Waals surface area contributed by atoms with Crippen LogP contribution >= 0.6 is 0 Å². The van der Waals surface area contributed by atoms with Gasteiger partial charge in [0.25, 0.3) is 0 Å². The lowest BCUT2D eigenvalue weighted by atomic mass is 10.0. The summed E-state index contributed by atoms with van der Waals surface area (Å²) in [6, 6.07) is 10.1. The number of hydrazine groups is 1. The number of ether oxygens (including phenoxy) is 1. The minimum Gasteiger partial charge on any atom is -0.472 e. The van der Waals surface area contributed by atoms with Crippen molar-refractivity contribution in [1.29, 1.82) is 0 Å². The molecule has 0 spiro atoms. The van der Waals surface area contributed by atoms with Crippen LogP contribution in [0.3, 0.4) is 0 Å². The third-order valence-electron chi connectivity index (χ3n) is 5.26. The first-order chi connectivity index (χ1) is 15.4. The van der Waals surface area contributed by atoms with Crippen molar-refractivity contribution in [1.82, 2.24) is 15.4 Å². The molecular formula is C23H28N8O. The molecule has 2 aromatic rings. The van der Waals surface area contributed by atoms with E-state index in [1.54, 1.807) is 13.2 Å². The maximum Gasteiger partial charge on any atom is 0.186 e. The fourth-order valence-corrected chi connectivity index (χ4v) is 3.71. The third kappa shape index (κ3) is 4.73. The lowest BCUT2D eigenvalue weighted by molar-refractivity contribution is 0.172. The van der Waals surface area contributed by atoms with Crippen molar-refractivity contribution in [2.75, 3.05) is 31.6 Å². The van der Waals surface area contributed by atoms with Gasteiger partial charge in [0.1, 0.15) is 17.6 Å². The third-order valence-corrected chi connectivity index (χ3v) is 5.26. The van der Waals surface area contributed by atoms with Crippen molar-refractivity contribution >= 4 is 17.4 Å². The van der Waals surface area contributed by atoms with Crippen molar-refractivity contribution < 1.29 is 4.74 Å². The number of aliphatic imine (C=N–C) groups is 1. The van der Waals surface area contributed by atoms with E-state index in [0.29, 0.717) is 18.1 Å². The number of hydrazone groups is 1. The van der Waals surface area contributed by atoms with E-state index in [4.69, 9.17) is 16.3 Å². The summed E-state index contributed by atoms with van der Waals surface area (Å²) in [6.07, 6.45) is 5.81. The summed E-state index contributed by atoms with van der Waals surface area (Å²) in [5, 5.41) is 8.45. The molecule has 9 heteroatoms. The van der Waals surface area contributed by atoms with E-state index in [-0.39, 0.29) is 11.9 Å². The van der Waals surface area contributed by atoms with Crippen molar-refractivity contribution in [2.24, 2.45) is 21.7 Å². The fraction of sp³-hybridized carbons (Fsp3) is 0.261. The van der Waals surface area contributed by atoms with Gasteiger partial charge in [-0.1, -0.05) is 18.2 Å². The van der Waals surface area contributed by atoms with Crippen LogP contribution < -0.4 is 21.8 Å². The molecule has 0 aliphatic carbocycles. The molecular weight excluding hydrogens is 404 g/mol. The van der Waals surface area contributed by atoms with Crippen LogP contribution in [0.2, 0.25) is 0 Å². The van der Waals surface area contributed by atoms with Gasteiger partial charge < -0.3 is 20.7 Å². The minimum atomic E-state index is 0.00899. The number of amidine groups is 2. The predicted octanol–water partition coefficient (Wildman–Crippen LogP) is 1.72. The number of nitrogens with two attached hydrogens (primary N) is 2. The Balaban J connectivity index is 1.45. The Morgan fingerprint density at radius 3 is 2.81 bits per heavy atom. The van der Waals surface area contributed by atoms with Crippen LogP contribution in [0.15, 0.2) is 71.2 Å². The Kier molecular flexibility index (Phi) is 6.09. The summed E-state index contributed by atoms with van der Waals surface area (Å²) >= 11 is 0. The van der Waals surface area contributed by atoms with Crippen molar-refractivity contribution in [3.63, 3.8) is 0 Å². The molecule has 1 fully saturated rings. The van der Waals surface area contributed by atoms with Gasteiger partial charge in [0.15, 0.2) is 11.7 Å². The van der Waals surface area contributed by atoms with E-state index in [0.717, 1.165) is 46.4 Å². The zero-order chi connectivity index (χ0) is 22.7. The van der Waals surface area contributed by atoms with Crippen LogP contribution in [0.4, 0.5) is 5.69 Å². The molecule has 32 heavy (non-hydrogen) atoms. The quantitative estimate of drug-likeness (QED) is 0.275. The van der Waals surface area contributed by atoms with Crippen LogP contribution in [-0.4, -0.2) is 54.6 Å². The molecule has 1 unspecified atom stereocenters. The molecule has 0 amide bonds. The van der Waals surface area contributed by atoms with E-state index in [1.807, 2.05) is 24.3 Å². The standard InChI is InChI=1S/C23H28N8O/c1-15-11-17(18-6-8-20(27-12-18)23(24)29-30(3)25)7-9-21(15)31-14-19(32-16(31)2)13-28-22-5-4-10-26-22/h4-9,11-12,19H,2,10,13-14,25H2,1,3H3,(H2,24,29)(H,26,28). The number of pyridine rings is 1. The first kappa shape index (κ1) is 21.4. The summed E-state index contributed by atoms with van der Waals surface area (Å²) < 4.78 is 5.97. The normalized spacial score (nSPS) is 18.0. The SMILES string of the molecule is C=C1OC(CNC2=NCC=C2)CN1c1ccc(-c2ccc(/C(N)=N/N(C)N)nc2)cc1C. The van der Waals surface area contributed by atoms with Crippen molar-refractivity contribution in [2.45, 2.75) is 13.0 Å². The van der Waals surface area contributed by atoms with Gasteiger partial charge in [0.05, 0.1) is 19.6 Å². The molecule has 4 rings (SSSR count). The first-order valence-corrected chi connectivity index (χ1v) is 10.4. The molecule has 1 aromatic heterocycles. The van der Waals surface area contributed by atoms with Gasteiger partial charge in [-0.05, 0) is 48.9 Å². The van der Waals surface area contributed by atoms with Gasteiger partial charge in [-0.25, -0.2) is 11.0 Å². The second-order valence-corrected chi connectivity index (χ2v) is 7.75. The molecule has 3 heterocycles. The lowest BCUT2D eigenvalue weighted by Gasteiger charge is -2.19. The van der Waals surface area contributed by atoms with Crippen LogP contribution in [-0.2, 0) is 4.74 Å². The molecule has 1 aromatic carbocycles.